The Labute approximate surface area is 174 Å². The first-order valence-electron chi connectivity index (χ1n) is 8.41. The second kappa shape index (κ2) is 8.55. The molecule has 0 atom stereocenters. The molecular formula is C18H18N4O6S2. The summed E-state index contributed by atoms with van der Waals surface area (Å²) in [5.74, 6) is 0.0674. The number of methoxy groups -OCH3 is 2. The number of hydrogen-bond acceptors (Lipinski definition) is 8. The van der Waals surface area contributed by atoms with Crippen molar-refractivity contribution in [3.8, 4) is 11.9 Å². The number of sulfonamides is 2. The largest absolute Gasteiger partial charge is 0.481 e. The Bertz CT molecular complexity index is 1210. The summed E-state index contributed by atoms with van der Waals surface area (Å²) in [6.45, 7) is 0. The van der Waals surface area contributed by atoms with Crippen LogP contribution in [0.15, 0.2) is 70.5 Å². The van der Waals surface area contributed by atoms with Crippen LogP contribution in [0, 0.1) is 0 Å². The summed E-state index contributed by atoms with van der Waals surface area (Å²) < 4.78 is 64.6. The van der Waals surface area contributed by atoms with Crippen LogP contribution in [0.2, 0.25) is 0 Å². The predicted molar refractivity (Wildman–Crippen MR) is 110 cm³/mol. The molecule has 158 valence electrons. The van der Waals surface area contributed by atoms with E-state index in [1.807, 2.05) is 0 Å². The number of ether oxygens (including phenoxy) is 2. The van der Waals surface area contributed by atoms with Crippen LogP contribution in [0.1, 0.15) is 0 Å². The minimum Gasteiger partial charge on any atom is -0.481 e. The fourth-order valence-corrected chi connectivity index (χ4v) is 4.44. The van der Waals surface area contributed by atoms with Crippen LogP contribution in [0.3, 0.4) is 0 Å². The summed E-state index contributed by atoms with van der Waals surface area (Å²) in [6.07, 6.45) is 0. The van der Waals surface area contributed by atoms with Gasteiger partial charge in [-0.3, -0.25) is 9.44 Å². The van der Waals surface area contributed by atoms with Gasteiger partial charge >= 0.3 is 6.01 Å². The molecule has 0 bridgehead atoms. The van der Waals surface area contributed by atoms with E-state index < -0.39 is 20.0 Å². The Balaban J connectivity index is 1.80. The Hall–Kier alpha value is -3.38. The van der Waals surface area contributed by atoms with Crippen LogP contribution in [0.4, 0.5) is 11.5 Å². The molecular weight excluding hydrogens is 432 g/mol. The summed E-state index contributed by atoms with van der Waals surface area (Å²) in [4.78, 5) is 7.80. The normalized spacial score (nSPS) is 11.5. The first kappa shape index (κ1) is 21.3. The molecule has 1 heterocycles. The van der Waals surface area contributed by atoms with Crippen LogP contribution >= 0.6 is 0 Å². The number of aromatic nitrogens is 2. The van der Waals surface area contributed by atoms with Gasteiger partial charge in [0.1, 0.15) is 0 Å². The highest BCUT2D eigenvalue weighted by atomic mass is 32.2. The van der Waals surface area contributed by atoms with Gasteiger partial charge < -0.3 is 9.47 Å². The van der Waals surface area contributed by atoms with E-state index in [1.54, 1.807) is 18.2 Å². The van der Waals surface area contributed by atoms with Crippen molar-refractivity contribution in [3.05, 3.63) is 60.7 Å². The van der Waals surface area contributed by atoms with Crippen molar-refractivity contribution in [3.63, 3.8) is 0 Å². The highest BCUT2D eigenvalue weighted by molar-refractivity contribution is 7.93. The van der Waals surface area contributed by atoms with Crippen LogP contribution in [-0.2, 0) is 20.0 Å². The van der Waals surface area contributed by atoms with Gasteiger partial charge in [-0.2, -0.15) is 9.97 Å². The Kier molecular flexibility index (Phi) is 6.08. The van der Waals surface area contributed by atoms with Gasteiger partial charge in [-0.25, -0.2) is 16.8 Å². The Morgan fingerprint density at radius 3 is 1.93 bits per heavy atom. The fraction of sp³-hybridized carbons (Fsp3) is 0.111. The molecule has 1 aromatic heterocycles. The number of anilines is 2. The quantitative estimate of drug-likeness (QED) is 0.532. The standard InChI is InChI=1S/C18H18N4O6S2/c1-27-17-12-16(19-18(20-17)28-2)22-30(25,26)15-10-8-13(9-11-15)21-29(23,24)14-6-4-3-5-7-14/h3-12,21H,1-2H3,(H,19,20,22). The molecule has 2 N–H and O–H groups in total. The lowest BCUT2D eigenvalue weighted by molar-refractivity contribution is 0.353. The molecule has 10 nitrogen and oxygen atoms in total. The molecule has 0 spiro atoms. The molecule has 0 radical (unpaired) electrons. The van der Waals surface area contributed by atoms with Crippen molar-refractivity contribution in [2.45, 2.75) is 9.79 Å². The van der Waals surface area contributed by atoms with Gasteiger partial charge in [-0.05, 0) is 36.4 Å². The van der Waals surface area contributed by atoms with Crippen LogP contribution in [-0.4, -0.2) is 41.0 Å². The van der Waals surface area contributed by atoms with Crippen LogP contribution in [0.25, 0.3) is 0 Å². The first-order valence-corrected chi connectivity index (χ1v) is 11.4. The van der Waals surface area contributed by atoms with Crippen LogP contribution < -0.4 is 18.9 Å². The van der Waals surface area contributed by atoms with E-state index in [0.29, 0.717) is 0 Å². The van der Waals surface area contributed by atoms with Crippen molar-refractivity contribution in [1.82, 2.24) is 9.97 Å². The number of rotatable bonds is 8. The topological polar surface area (TPSA) is 137 Å². The van der Waals surface area contributed by atoms with Gasteiger partial charge in [0, 0.05) is 11.8 Å². The lowest BCUT2D eigenvalue weighted by atomic mass is 10.3. The smallest absolute Gasteiger partial charge is 0.321 e. The minimum absolute atomic E-state index is 0.0486. The van der Waals surface area contributed by atoms with Gasteiger partial charge in [0.2, 0.25) is 5.88 Å². The average molecular weight is 450 g/mol. The predicted octanol–water partition coefficient (Wildman–Crippen LogP) is 2.10. The maximum Gasteiger partial charge on any atom is 0.321 e. The van der Waals surface area contributed by atoms with Gasteiger partial charge in [0.05, 0.1) is 24.0 Å². The molecule has 0 aliphatic rings. The summed E-state index contributed by atoms with van der Waals surface area (Å²) in [6, 6.07) is 14.3. The second-order valence-corrected chi connectivity index (χ2v) is 9.20. The van der Waals surface area contributed by atoms with Gasteiger partial charge in [-0.1, -0.05) is 18.2 Å². The lowest BCUT2D eigenvalue weighted by Gasteiger charge is -2.11. The highest BCUT2D eigenvalue weighted by Crippen LogP contribution is 2.22. The summed E-state index contributed by atoms with van der Waals surface area (Å²) in [7, 11) is -5.08. The second-order valence-electron chi connectivity index (χ2n) is 5.83. The van der Waals surface area contributed by atoms with E-state index in [-0.39, 0.29) is 33.2 Å². The van der Waals surface area contributed by atoms with E-state index >= 15 is 0 Å². The SMILES string of the molecule is COc1cc(NS(=O)(=O)c2ccc(NS(=O)(=O)c3ccccc3)cc2)nc(OC)n1. The molecule has 3 rings (SSSR count). The van der Waals surface area contributed by atoms with Gasteiger partial charge in [0.25, 0.3) is 20.0 Å². The van der Waals surface area contributed by atoms with E-state index in [4.69, 9.17) is 9.47 Å². The summed E-state index contributed by atoms with van der Waals surface area (Å²) in [5.41, 5.74) is 0.211. The Morgan fingerprint density at radius 1 is 0.733 bits per heavy atom. The molecule has 0 amide bonds. The highest BCUT2D eigenvalue weighted by Gasteiger charge is 2.18. The minimum atomic E-state index is -4.00. The van der Waals surface area contributed by atoms with Crippen molar-refractivity contribution in [2.75, 3.05) is 23.7 Å². The number of hydrogen-bond donors (Lipinski definition) is 2. The number of nitrogens with zero attached hydrogens (tertiary/aromatic N) is 2. The number of benzene rings is 2. The molecule has 0 saturated heterocycles. The van der Waals surface area contributed by atoms with E-state index in [0.717, 1.165) is 0 Å². The summed E-state index contributed by atoms with van der Waals surface area (Å²) in [5, 5.41) is 0. The van der Waals surface area contributed by atoms with Crippen molar-refractivity contribution < 1.29 is 26.3 Å². The molecule has 12 heteroatoms. The lowest BCUT2D eigenvalue weighted by Crippen LogP contribution is -2.15. The molecule has 30 heavy (non-hydrogen) atoms. The zero-order chi connectivity index (χ0) is 21.8. The van der Waals surface area contributed by atoms with Crippen molar-refractivity contribution in [1.29, 1.82) is 0 Å². The third-order valence-electron chi connectivity index (χ3n) is 3.78. The molecule has 0 saturated carbocycles. The molecule has 0 fully saturated rings. The number of nitrogens with one attached hydrogen (secondary N) is 2. The van der Waals surface area contributed by atoms with Gasteiger partial charge in [-0.15, -0.1) is 0 Å². The van der Waals surface area contributed by atoms with E-state index in [1.165, 1.54) is 56.7 Å². The van der Waals surface area contributed by atoms with Crippen molar-refractivity contribution >= 4 is 31.6 Å². The zero-order valence-corrected chi connectivity index (χ0v) is 17.6. The van der Waals surface area contributed by atoms with Gasteiger partial charge in [0.15, 0.2) is 5.82 Å². The Morgan fingerprint density at radius 2 is 1.33 bits per heavy atom. The fourth-order valence-electron chi connectivity index (χ4n) is 2.36. The van der Waals surface area contributed by atoms with E-state index in [2.05, 4.69) is 19.4 Å². The molecule has 0 aliphatic carbocycles. The third-order valence-corrected chi connectivity index (χ3v) is 6.55. The van der Waals surface area contributed by atoms with Crippen molar-refractivity contribution in [2.24, 2.45) is 0 Å². The maximum absolute atomic E-state index is 12.6. The molecule has 0 aliphatic heterocycles. The third kappa shape index (κ3) is 4.96. The summed E-state index contributed by atoms with van der Waals surface area (Å²) >= 11 is 0. The van der Waals surface area contributed by atoms with Crippen LogP contribution in [0.5, 0.6) is 11.9 Å². The molecule has 2 aromatic carbocycles. The molecule has 0 unspecified atom stereocenters. The maximum atomic E-state index is 12.6. The average Bonchev–Trinajstić information content (AvgIpc) is 2.74. The monoisotopic (exact) mass is 450 g/mol. The van der Waals surface area contributed by atoms with E-state index in [9.17, 15) is 16.8 Å². The molecule has 3 aromatic rings. The first-order chi connectivity index (χ1) is 14.2. The zero-order valence-electron chi connectivity index (χ0n) is 15.9.